The third-order valence-corrected chi connectivity index (χ3v) is 3.05. The Morgan fingerprint density at radius 2 is 1.83 bits per heavy atom. The Balaban J connectivity index is 0.00000264. The first-order valence-electron chi connectivity index (χ1n) is 7.14. The van der Waals surface area contributed by atoms with Gasteiger partial charge in [0.2, 0.25) is 0 Å². The van der Waals surface area contributed by atoms with E-state index in [1.165, 1.54) is 0 Å². The van der Waals surface area contributed by atoms with Gasteiger partial charge in [-0.05, 0) is 37.3 Å². The van der Waals surface area contributed by atoms with E-state index in [0.717, 1.165) is 22.7 Å². The SMILES string of the molecule is CCOc1ccccc1CN=C(N)Nc1ccc(OC)cc1.I. The Morgan fingerprint density at radius 3 is 2.48 bits per heavy atom. The van der Waals surface area contributed by atoms with Crippen LogP contribution >= 0.6 is 24.0 Å². The van der Waals surface area contributed by atoms with Gasteiger partial charge in [0.05, 0.1) is 20.3 Å². The van der Waals surface area contributed by atoms with E-state index in [2.05, 4.69) is 10.3 Å². The number of hydrogen-bond acceptors (Lipinski definition) is 3. The second-order valence-electron chi connectivity index (χ2n) is 4.60. The summed E-state index contributed by atoms with van der Waals surface area (Å²) in [6.45, 7) is 3.05. The molecule has 124 valence electrons. The molecule has 2 aromatic carbocycles. The molecule has 2 aromatic rings. The maximum atomic E-state index is 5.91. The van der Waals surface area contributed by atoms with E-state index in [4.69, 9.17) is 15.2 Å². The van der Waals surface area contributed by atoms with Crippen LogP contribution in [0.25, 0.3) is 0 Å². The van der Waals surface area contributed by atoms with Crippen LogP contribution < -0.4 is 20.5 Å². The van der Waals surface area contributed by atoms with Crippen LogP contribution in [-0.2, 0) is 6.54 Å². The highest BCUT2D eigenvalue weighted by atomic mass is 127. The predicted octanol–water partition coefficient (Wildman–Crippen LogP) is 3.64. The number of nitrogens with one attached hydrogen (secondary N) is 1. The van der Waals surface area contributed by atoms with E-state index in [-0.39, 0.29) is 24.0 Å². The number of methoxy groups -OCH3 is 1. The fraction of sp³-hybridized carbons (Fsp3) is 0.235. The lowest BCUT2D eigenvalue weighted by atomic mass is 10.2. The molecular weight excluding hydrogens is 405 g/mol. The highest BCUT2D eigenvalue weighted by molar-refractivity contribution is 14.0. The van der Waals surface area contributed by atoms with Gasteiger partial charge in [-0.3, -0.25) is 0 Å². The number of rotatable bonds is 6. The topological polar surface area (TPSA) is 68.9 Å². The molecule has 0 bridgehead atoms. The molecule has 23 heavy (non-hydrogen) atoms. The Labute approximate surface area is 153 Å². The molecule has 3 N–H and O–H groups in total. The summed E-state index contributed by atoms with van der Waals surface area (Å²) >= 11 is 0. The van der Waals surface area contributed by atoms with Crippen molar-refractivity contribution < 1.29 is 9.47 Å². The second kappa shape index (κ2) is 9.94. The van der Waals surface area contributed by atoms with Gasteiger partial charge in [0, 0.05) is 11.3 Å². The smallest absolute Gasteiger partial charge is 0.193 e. The Bertz CT molecular complexity index is 630. The zero-order valence-corrected chi connectivity index (χ0v) is 15.6. The molecule has 0 saturated carbocycles. The summed E-state index contributed by atoms with van der Waals surface area (Å²) in [4.78, 5) is 4.35. The maximum absolute atomic E-state index is 5.91. The molecule has 0 unspecified atom stereocenters. The molecule has 0 aliphatic rings. The fourth-order valence-electron chi connectivity index (χ4n) is 1.96. The van der Waals surface area contributed by atoms with Gasteiger partial charge in [-0.25, -0.2) is 4.99 Å². The lowest BCUT2D eigenvalue weighted by Crippen LogP contribution is -2.22. The molecule has 0 radical (unpaired) electrons. The highest BCUT2D eigenvalue weighted by Gasteiger charge is 2.02. The Kier molecular flexibility index (Phi) is 8.25. The van der Waals surface area contributed by atoms with Crippen molar-refractivity contribution in [2.75, 3.05) is 19.0 Å². The average molecular weight is 427 g/mol. The highest BCUT2D eigenvalue weighted by Crippen LogP contribution is 2.19. The third kappa shape index (κ3) is 5.97. The van der Waals surface area contributed by atoms with Gasteiger partial charge < -0.3 is 20.5 Å². The van der Waals surface area contributed by atoms with Gasteiger partial charge in [-0.1, -0.05) is 18.2 Å². The van der Waals surface area contributed by atoms with E-state index in [0.29, 0.717) is 19.1 Å². The summed E-state index contributed by atoms with van der Waals surface area (Å²) in [5, 5.41) is 3.05. The summed E-state index contributed by atoms with van der Waals surface area (Å²) in [7, 11) is 1.63. The number of nitrogens with two attached hydrogens (primary N) is 1. The maximum Gasteiger partial charge on any atom is 0.193 e. The molecule has 0 spiro atoms. The van der Waals surface area contributed by atoms with E-state index >= 15 is 0 Å². The van der Waals surface area contributed by atoms with Gasteiger partial charge in [0.1, 0.15) is 11.5 Å². The largest absolute Gasteiger partial charge is 0.497 e. The minimum atomic E-state index is 0. The molecule has 6 heteroatoms. The predicted molar refractivity (Wildman–Crippen MR) is 105 cm³/mol. The van der Waals surface area contributed by atoms with Crippen molar-refractivity contribution in [3.8, 4) is 11.5 Å². The van der Waals surface area contributed by atoms with E-state index < -0.39 is 0 Å². The first-order valence-corrected chi connectivity index (χ1v) is 7.14. The van der Waals surface area contributed by atoms with Crippen molar-refractivity contribution in [3.63, 3.8) is 0 Å². The molecule has 0 heterocycles. The van der Waals surface area contributed by atoms with Crippen molar-refractivity contribution in [3.05, 3.63) is 54.1 Å². The van der Waals surface area contributed by atoms with Gasteiger partial charge in [0.25, 0.3) is 0 Å². The fourth-order valence-corrected chi connectivity index (χ4v) is 1.96. The Hall–Kier alpha value is -1.96. The zero-order valence-electron chi connectivity index (χ0n) is 13.3. The van der Waals surface area contributed by atoms with Gasteiger partial charge in [-0.2, -0.15) is 0 Å². The number of para-hydroxylation sites is 1. The molecule has 0 saturated heterocycles. The number of halogens is 1. The van der Waals surface area contributed by atoms with Crippen LogP contribution in [0.2, 0.25) is 0 Å². The van der Waals surface area contributed by atoms with Crippen LogP contribution in [0.1, 0.15) is 12.5 Å². The van der Waals surface area contributed by atoms with Crippen molar-refractivity contribution >= 4 is 35.6 Å². The molecule has 0 aromatic heterocycles. The molecule has 0 aliphatic heterocycles. The quantitative estimate of drug-likeness (QED) is 0.420. The average Bonchev–Trinajstić information content (AvgIpc) is 2.55. The summed E-state index contributed by atoms with van der Waals surface area (Å²) in [5.74, 6) is 1.99. The van der Waals surface area contributed by atoms with Gasteiger partial charge in [-0.15, -0.1) is 24.0 Å². The molecule has 0 amide bonds. The normalized spacial score (nSPS) is 10.6. The van der Waals surface area contributed by atoms with E-state index in [1.807, 2.05) is 55.5 Å². The van der Waals surface area contributed by atoms with Crippen molar-refractivity contribution in [2.24, 2.45) is 10.7 Å². The minimum absolute atomic E-state index is 0. The number of anilines is 1. The summed E-state index contributed by atoms with van der Waals surface area (Å²) in [5.41, 5.74) is 7.78. The van der Waals surface area contributed by atoms with Crippen LogP contribution in [0.4, 0.5) is 5.69 Å². The number of nitrogens with zero attached hydrogens (tertiary/aromatic N) is 1. The van der Waals surface area contributed by atoms with Crippen molar-refractivity contribution in [1.82, 2.24) is 0 Å². The first kappa shape index (κ1) is 19.1. The van der Waals surface area contributed by atoms with Gasteiger partial charge >= 0.3 is 0 Å². The number of benzene rings is 2. The van der Waals surface area contributed by atoms with Crippen LogP contribution in [-0.4, -0.2) is 19.7 Å². The molecule has 0 aliphatic carbocycles. The summed E-state index contributed by atoms with van der Waals surface area (Å²) < 4.78 is 10.7. The summed E-state index contributed by atoms with van der Waals surface area (Å²) in [6, 6.07) is 15.3. The molecule has 0 fully saturated rings. The molecule has 2 rings (SSSR count). The van der Waals surface area contributed by atoms with Crippen LogP contribution in [0.3, 0.4) is 0 Å². The first-order chi connectivity index (χ1) is 10.7. The lowest BCUT2D eigenvalue weighted by Gasteiger charge is -2.09. The number of aliphatic imine (C=N–C) groups is 1. The lowest BCUT2D eigenvalue weighted by molar-refractivity contribution is 0.336. The van der Waals surface area contributed by atoms with Crippen LogP contribution in [0.5, 0.6) is 11.5 Å². The minimum Gasteiger partial charge on any atom is -0.497 e. The van der Waals surface area contributed by atoms with Crippen LogP contribution in [0.15, 0.2) is 53.5 Å². The standard InChI is InChI=1S/C17H21N3O2.HI/c1-3-22-16-7-5-4-6-13(16)12-19-17(18)20-14-8-10-15(21-2)11-9-14;/h4-11H,3,12H2,1-2H3,(H3,18,19,20);1H. The monoisotopic (exact) mass is 427 g/mol. The number of ether oxygens (including phenoxy) is 2. The van der Waals surface area contributed by atoms with Crippen molar-refractivity contribution in [2.45, 2.75) is 13.5 Å². The number of hydrogen-bond donors (Lipinski definition) is 2. The molecular formula is C17H22IN3O2. The van der Waals surface area contributed by atoms with Crippen LogP contribution in [0, 0.1) is 0 Å². The number of guanidine groups is 1. The van der Waals surface area contributed by atoms with Crippen molar-refractivity contribution in [1.29, 1.82) is 0 Å². The third-order valence-electron chi connectivity index (χ3n) is 3.05. The van der Waals surface area contributed by atoms with E-state index in [9.17, 15) is 0 Å². The molecule has 0 atom stereocenters. The van der Waals surface area contributed by atoms with Gasteiger partial charge in [0.15, 0.2) is 5.96 Å². The summed E-state index contributed by atoms with van der Waals surface area (Å²) in [6.07, 6.45) is 0. The van der Waals surface area contributed by atoms with E-state index in [1.54, 1.807) is 7.11 Å². The Morgan fingerprint density at radius 1 is 1.13 bits per heavy atom. The second-order valence-corrected chi connectivity index (χ2v) is 4.60. The zero-order chi connectivity index (χ0) is 15.8. The molecule has 5 nitrogen and oxygen atoms in total.